The first kappa shape index (κ1) is 17.8. The third-order valence-electron chi connectivity index (χ3n) is 5.73. The fraction of sp³-hybridized carbons (Fsp3) is 0.208. The van der Waals surface area contributed by atoms with E-state index < -0.39 is 5.41 Å². The topological polar surface area (TPSA) is 73.6 Å². The van der Waals surface area contributed by atoms with Crippen molar-refractivity contribution in [3.05, 3.63) is 77.9 Å². The Morgan fingerprint density at radius 3 is 2.48 bits per heavy atom. The molecular formula is C24H22N2O3. The van der Waals surface area contributed by atoms with E-state index in [0.717, 1.165) is 46.5 Å². The fourth-order valence-corrected chi connectivity index (χ4v) is 3.87. The van der Waals surface area contributed by atoms with Crippen molar-refractivity contribution >= 4 is 11.6 Å². The summed E-state index contributed by atoms with van der Waals surface area (Å²) in [4.78, 5) is 13.1. The summed E-state index contributed by atoms with van der Waals surface area (Å²) in [6.45, 7) is 0.735. The molecule has 1 aliphatic heterocycles. The molecule has 5 nitrogen and oxygen atoms in total. The van der Waals surface area contributed by atoms with Crippen molar-refractivity contribution in [3.8, 4) is 22.6 Å². The first-order valence-corrected chi connectivity index (χ1v) is 9.79. The summed E-state index contributed by atoms with van der Waals surface area (Å²) in [5.74, 6) is 1.46. The Morgan fingerprint density at radius 2 is 1.69 bits per heavy atom. The molecule has 29 heavy (non-hydrogen) atoms. The fourth-order valence-electron chi connectivity index (χ4n) is 3.87. The van der Waals surface area contributed by atoms with Crippen molar-refractivity contribution < 1.29 is 14.3 Å². The van der Waals surface area contributed by atoms with Gasteiger partial charge in [-0.1, -0.05) is 36.4 Å². The number of amides is 1. The number of nitrogens with one attached hydrogen (secondary N) is 1. The monoisotopic (exact) mass is 386 g/mol. The van der Waals surface area contributed by atoms with Crippen LogP contribution in [-0.4, -0.2) is 12.7 Å². The molecule has 2 aliphatic rings. The third-order valence-corrected chi connectivity index (χ3v) is 5.73. The molecule has 0 spiro atoms. The Bertz CT molecular complexity index is 1090. The van der Waals surface area contributed by atoms with Gasteiger partial charge in [0, 0.05) is 12.2 Å². The van der Waals surface area contributed by atoms with Crippen LogP contribution < -0.4 is 20.5 Å². The minimum absolute atomic E-state index is 0.0178. The molecule has 1 heterocycles. The summed E-state index contributed by atoms with van der Waals surface area (Å²) in [5, 5.41) is 3.11. The van der Waals surface area contributed by atoms with Crippen LogP contribution in [0.3, 0.4) is 0 Å². The number of nitrogens with two attached hydrogens (primary N) is 1. The maximum Gasteiger partial charge on any atom is 0.235 e. The molecular weight excluding hydrogens is 364 g/mol. The van der Waals surface area contributed by atoms with E-state index in [1.807, 2.05) is 54.6 Å². The molecule has 5 heteroatoms. The molecule has 3 aromatic carbocycles. The highest BCUT2D eigenvalue weighted by Gasteiger charge is 2.51. The minimum Gasteiger partial charge on any atom is -0.454 e. The Morgan fingerprint density at radius 1 is 0.931 bits per heavy atom. The van der Waals surface area contributed by atoms with Crippen LogP contribution in [0.5, 0.6) is 11.5 Å². The number of ether oxygens (including phenoxy) is 2. The standard InChI is InChI=1S/C24H22N2O3/c25-14-16-3-1-4-17(11-16)18-5-2-6-20(12-18)26-23(27)24(9-10-24)19-7-8-21-22(13-19)29-15-28-21/h1-8,11-13H,9-10,14-15,25H2,(H,26,27). The van der Waals surface area contributed by atoms with Crippen LogP contribution in [0.2, 0.25) is 0 Å². The van der Waals surface area contributed by atoms with Gasteiger partial charge in [-0.25, -0.2) is 0 Å². The Labute approximate surface area is 169 Å². The second-order valence-electron chi connectivity index (χ2n) is 7.59. The summed E-state index contributed by atoms with van der Waals surface area (Å²) in [5.41, 5.74) is 10.3. The predicted molar refractivity (Wildman–Crippen MR) is 112 cm³/mol. The lowest BCUT2D eigenvalue weighted by Gasteiger charge is -2.17. The molecule has 0 radical (unpaired) electrons. The number of rotatable bonds is 5. The smallest absolute Gasteiger partial charge is 0.235 e. The Balaban J connectivity index is 1.38. The van der Waals surface area contributed by atoms with E-state index in [1.54, 1.807) is 0 Å². The van der Waals surface area contributed by atoms with Gasteiger partial charge in [-0.3, -0.25) is 4.79 Å². The third kappa shape index (κ3) is 3.23. The maximum atomic E-state index is 13.1. The first-order valence-electron chi connectivity index (χ1n) is 9.79. The number of hydrogen-bond acceptors (Lipinski definition) is 4. The lowest BCUT2D eigenvalue weighted by Crippen LogP contribution is -2.27. The zero-order valence-electron chi connectivity index (χ0n) is 16.0. The number of hydrogen-bond donors (Lipinski definition) is 2. The summed E-state index contributed by atoms with van der Waals surface area (Å²) in [6, 6.07) is 21.8. The van der Waals surface area contributed by atoms with Crippen molar-refractivity contribution in [1.82, 2.24) is 0 Å². The molecule has 1 fully saturated rings. The van der Waals surface area contributed by atoms with Crippen molar-refractivity contribution in [2.24, 2.45) is 5.73 Å². The van der Waals surface area contributed by atoms with E-state index in [4.69, 9.17) is 15.2 Å². The zero-order chi connectivity index (χ0) is 19.8. The van der Waals surface area contributed by atoms with Gasteiger partial charge in [0.1, 0.15) is 0 Å². The van der Waals surface area contributed by atoms with Crippen LogP contribution in [-0.2, 0) is 16.8 Å². The number of carbonyl (C=O) groups is 1. The first-order chi connectivity index (χ1) is 14.2. The molecule has 5 rings (SSSR count). The molecule has 3 aromatic rings. The highest BCUT2D eigenvalue weighted by atomic mass is 16.7. The second kappa shape index (κ2) is 6.94. The van der Waals surface area contributed by atoms with Gasteiger partial charge in [0.15, 0.2) is 11.5 Å². The van der Waals surface area contributed by atoms with E-state index in [2.05, 4.69) is 17.4 Å². The lowest BCUT2D eigenvalue weighted by molar-refractivity contribution is -0.118. The van der Waals surface area contributed by atoms with Crippen LogP contribution in [0.1, 0.15) is 24.0 Å². The van der Waals surface area contributed by atoms with E-state index in [0.29, 0.717) is 12.3 Å². The van der Waals surface area contributed by atoms with Crippen LogP contribution in [0.4, 0.5) is 5.69 Å². The lowest BCUT2D eigenvalue weighted by atomic mass is 9.94. The average molecular weight is 386 g/mol. The summed E-state index contributed by atoms with van der Waals surface area (Å²) in [6.07, 6.45) is 1.66. The molecule has 1 amide bonds. The molecule has 0 bridgehead atoms. The van der Waals surface area contributed by atoms with Crippen LogP contribution in [0.25, 0.3) is 11.1 Å². The molecule has 0 unspecified atom stereocenters. The number of anilines is 1. The van der Waals surface area contributed by atoms with Gasteiger partial charge in [-0.2, -0.15) is 0 Å². The molecule has 1 saturated carbocycles. The van der Waals surface area contributed by atoms with Gasteiger partial charge in [-0.05, 0) is 65.4 Å². The molecule has 0 atom stereocenters. The van der Waals surface area contributed by atoms with Crippen LogP contribution in [0, 0.1) is 0 Å². The largest absolute Gasteiger partial charge is 0.454 e. The molecule has 146 valence electrons. The van der Waals surface area contributed by atoms with Crippen molar-refractivity contribution in [2.75, 3.05) is 12.1 Å². The highest BCUT2D eigenvalue weighted by Crippen LogP contribution is 2.51. The summed E-state index contributed by atoms with van der Waals surface area (Å²) in [7, 11) is 0. The van der Waals surface area contributed by atoms with E-state index in [1.165, 1.54) is 0 Å². The van der Waals surface area contributed by atoms with Gasteiger partial charge in [0.05, 0.1) is 5.41 Å². The highest BCUT2D eigenvalue weighted by molar-refractivity contribution is 6.01. The van der Waals surface area contributed by atoms with E-state index in [9.17, 15) is 4.79 Å². The average Bonchev–Trinajstić information content (AvgIpc) is 3.45. The number of benzene rings is 3. The molecule has 1 aliphatic carbocycles. The maximum absolute atomic E-state index is 13.1. The van der Waals surface area contributed by atoms with Crippen molar-refractivity contribution in [2.45, 2.75) is 24.8 Å². The van der Waals surface area contributed by atoms with Crippen molar-refractivity contribution in [3.63, 3.8) is 0 Å². The normalized spacial score (nSPS) is 15.8. The van der Waals surface area contributed by atoms with Crippen molar-refractivity contribution in [1.29, 1.82) is 0 Å². The van der Waals surface area contributed by atoms with Gasteiger partial charge in [-0.15, -0.1) is 0 Å². The SMILES string of the molecule is NCc1cccc(-c2cccc(NC(=O)C3(c4ccc5c(c4)OCO5)CC3)c2)c1. The summed E-state index contributed by atoms with van der Waals surface area (Å²) >= 11 is 0. The van der Waals surface area contributed by atoms with E-state index in [-0.39, 0.29) is 12.7 Å². The van der Waals surface area contributed by atoms with Gasteiger partial charge in [0.2, 0.25) is 12.7 Å². The molecule has 0 aromatic heterocycles. The number of fused-ring (bicyclic) bond motifs is 1. The minimum atomic E-state index is -0.490. The zero-order valence-corrected chi connectivity index (χ0v) is 16.0. The Hall–Kier alpha value is -3.31. The Kier molecular flexibility index (Phi) is 4.25. The van der Waals surface area contributed by atoms with Gasteiger partial charge >= 0.3 is 0 Å². The quantitative estimate of drug-likeness (QED) is 0.689. The van der Waals surface area contributed by atoms with Gasteiger partial charge < -0.3 is 20.5 Å². The van der Waals surface area contributed by atoms with E-state index >= 15 is 0 Å². The van der Waals surface area contributed by atoms with Crippen LogP contribution in [0.15, 0.2) is 66.7 Å². The summed E-state index contributed by atoms with van der Waals surface area (Å²) < 4.78 is 10.9. The predicted octanol–water partition coefficient (Wildman–Crippen LogP) is 4.21. The number of carbonyl (C=O) groups excluding carboxylic acids is 1. The molecule has 3 N–H and O–H groups in total. The van der Waals surface area contributed by atoms with Gasteiger partial charge in [0.25, 0.3) is 0 Å². The molecule has 0 saturated heterocycles. The second-order valence-corrected chi connectivity index (χ2v) is 7.59. The van der Waals surface area contributed by atoms with Crippen LogP contribution >= 0.6 is 0 Å².